The molecule has 7 heteroatoms. The van der Waals surface area contributed by atoms with E-state index in [4.69, 9.17) is 25.8 Å². The lowest BCUT2D eigenvalue weighted by atomic mass is 9.92. The summed E-state index contributed by atoms with van der Waals surface area (Å²) < 4.78 is 17.0. The number of rotatable bonds is 6. The molecule has 0 aromatic heterocycles. The highest BCUT2D eigenvalue weighted by Crippen LogP contribution is 2.34. The molecular weight excluding hydrogens is 408 g/mol. The van der Waals surface area contributed by atoms with Crippen molar-refractivity contribution in [3.63, 3.8) is 0 Å². The summed E-state index contributed by atoms with van der Waals surface area (Å²) in [6.45, 7) is 1.03. The fourth-order valence-electron chi connectivity index (χ4n) is 3.95. The lowest BCUT2D eigenvalue weighted by Crippen LogP contribution is -2.47. The highest BCUT2D eigenvalue weighted by molar-refractivity contribution is 6.31. The Balaban J connectivity index is 1.45. The number of halogens is 1. The first-order valence-corrected chi connectivity index (χ1v) is 10.7. The number of aliphatic hydroxyl groups excluding tert-OH is 3. The first kappa shape index (κ1) is 21.6. The van der Waals surface area contributed by atoms with Crippen molar-refractivity contribution in [1.29, 1.82) is 0 Å². The molecule has 5 atom stereocenters. The molecule has 4 rings (SSSR count). The summed E-state index contributed by atoms with van der Waals surface area (Å²) in [4.78, 5) is 0. The molecule has 2 aliphatic heterocycles. The van der Waals surface area contributed by atoms with Crippen molar-refractivity contribution >= 4 is 11.6 Å². The van der Waals surface area contributed by atoms with E-state index >= 15 is 0 Å². The summed E-state index contributed by atoms with van der Waals surface area (Å²) in [5.41, 5.74) is 2.90. The van der Waals surface area contributed by atoms with E-state index < -0.39 is 24.4 Å². The second-order valence-electron chi connectivity index (χ2n) is 7.91. The van der Waals surface area contributed by atoms with E-state index in [1.165, 1.54) is 0 Å². The topological polar surface area (TPSA) is 88.4 Å². The molecule has 0 bridgehead atoms. The van der Waals surface area contributed by atoms with Crippen LogP contribution < -0.4 is 4.74 Å². The molecule has 0 radical (unpaired) electrons. The molecule has 30 heavy (non-hydrogen) atoms. The van der Waals surface area contributed by atoms with Gasteiger partial charge in [-0.25, -0.2) is 0 Å². The minimum atomic E-state index is -1.09. The fourth-order valence-corrected chi connectivity index (χ4v) is 4.14. The molecule has 2 fully saturated rings. The molecule has 2 aromatic carbocycles. The molecule has 2 heterocycles. The van der Waals surface area contributed by atoms with Gasteiger partial charge in [0.15, 0.2) is 0 Å². The van der Waals surface area contributed by atoms with Crippen molar-refractivity contribution < 1.29 is 29.5 Å². The van der Waals surface area contributed by atoms with Crippen LogP contribution in [0.25, 0.3) is 0 Å². The van der Waals surface area contributed by atoms with Gasteiger partial charge in [0.1, 0.15) is 24.1 Å². The van der Waals surface area contributed by atoms with Gasteiger partial charge in [-0.05, 0) is 41.3 Å². The number of hydrogen-bond donors (Lipinski definition) is 3. The van der Waals surface area contributed by atoms with Gasteiger partial charge in [0, 0.05) is 17.9 Å². The van der Waals surface area contributed by atoms with Crippen molar-refractivity contribution in [2.24, 2.45) is 0 Å². The molecule has 0 spiro atoms. The average Bonchev–Trinajstić information content (AvgIpc) is 3.26. The Hall–Kier alpha value is -1.67. The van der Waals surface area contributed by atoms with Gasteiger partial charge in [-0.1, -0.05) is 35.9 Å². The molecule has 0 saturated carbocycles. The Morgan fingerprint density at radius 2 is 1.90 bits per heavy atom. The first-order valence-electron chi connectivity index (χ1n) is 10.3. The van der Waals surface area contributed by atoms with Crippen LogP contribution in [-0.2, 0) is 15.9 Å². The third kappa shape index (κ3) is 4.97. The summed E-state index contributed by atoms with van der Waals surface area (Å²) in [6, 6.07) is 13.6. The highest BCUT2D eigenvalue weighted by Gasteiger charge is 2.37. The van der Waals surface area contributed by atoms with Crippen molar-refractivity contribution in [3.05, 3.63) is 64.2 Å². The Morgan fingerprint density at radius 1 is 1.10 bits per heavy atom. The second kappa shape index (κ2) is 9.64. The molecule has 4 unspecified atom stereocenters. The van der Waals surface area contributed by atoms with Crippen LogP contribution in [0.4, 0.5) is 0 Å². The molecule has 2 aliphatic rings. The van der Waals surface area contributed by atoms with Gasteiger partial charge in [0.25, 0.3) is 0 Å². The molecule has 2 aromatic rings. The molecular formula is C23H27ClO6. The van der Waals surface area contributed by atoms with Gasteiger partial charge in [-0.2, -0.15) is 0 Å². The summed E-state index contributed by atoms with van der Waals surface area (Å²) in [6.07, 6.45) is -1.33. The summed E-state index contributed by atoms with van der Waals surface area (Å²) in [5, 5.41) is 30.1. The van der Waals surface area contributed by atoms with E-state index in [-0.39, 0.29) is 19.1 Å². The second-order valence-corrected chi connectivity index (χ2v) is 8.32. The van der Waals surface area contributed by atoms with Gasteiger partial charge in [0.05, 0.1) is 32.0 Å². The third-order valence-corrected chi connectivity index (χ3v) is 6.07. The zero-order valence-corrected chi connectivity index (χ0v) is 17.4. The maximum Gasteiger partial charge on any atom is 0.124 e. The maximum absolute atomic E-state index is 10.1. The van der Waals surface area contributed by atoms with E-state index in [1.807, 2.05) is 42.5 Å². The number of hydrogen-bond acceptors (Lipinski definition) is 6. The molecule has 2 saturated heterocycles. The SMILES string of the molecule is OCC1OC(c2ccc(Cl)c(Cc3ccc(O[C@H]4CCOC4)cc3)c2)CC(O)C1O. The van der Waals surface area contributed by atoms with Crippen molar-refractivity contribution in [2.75, 3.05) is 19.8 Å². The molecule has 0 aliphatic carbocycles. The molecule has 3 N–H and O–H groups in total. The predicted molar refractivity (Wildman–Crippen MR) is 112 cm³/mol. The molecule has 0 amide bonds. The third-order valence-electron chi connectivity index (χ3n) is 5.70. The fraction of sp³-hybridized carbons (Fsp3) is 0.478. The number of ether oxygens (including phenoxy) is 3. The quantitative estimate of drug-likeness (QED) is 0.647. The van der Waals surface area contributed by atoms with Crippen molar-refractivity contribution in [1.82, 2.24) is 0 Å². The average molecular weight is 435 g/mol. The normalized spacial score (nSPS) is 29.1. The Labute approximate surface area is 181 Å². The monoisotopic (exact) mass is 434 g/mol. The molecule has 162 valence electrons. The van der Waals surface area contributed by atoms with Gasteiger partial charge < -0.3 is 29.5 Å². The zero-order valence-electron chi connectivity index (χ0n) is 16.6. The van der Waals surface area contributed by atoms with Gasteiger partial charge in [0.2, 0.25) is 0 Å². The minimum absolute atomic E-state index is 0.120. The summed E-state index contributed by atoms with van der Waals surface area (Å²) in [5.74, 6) is 0.826. The lowest BCUT2D eigenvalue weighted by Gasteiger charge is -2.36. The van der Waals surface area contributed by atoms with Crippen LogP contribution in [0.5, 0.6) is 5.75 Å². The highest BCUT2D eigenvalue weighted by atomic mass is 35.5. The number of benzene rings is 2. The van der Waals surface area contributed by atoms with Gasteiger partial charge in [-0.15, -0.1) is 0 Å². The summed E-state index contributed by atoms with van der Waals surface area (Å²) >= 11 is 6.43. The van der Waals surface area contributed by atoms with Crippen LogP contribution in [0.1, 0.15) is 35.6 Å². The summed E-state index contributed by atoms with van der Waals surface area (Å²) in [7, 11) is 0. The Kier molecular flexibility index (Phi) is 6.93. The zero-order chi connectivity index (χ0) is 21.1. The minimum Gasteiger partial charge on any atom is -0.488 e. The van der Waals surface area contributed by atoms with Crippen LogP contribution >= 0.6 is 11.6 Å². The van der Waals surface area contributed by atoms with Gasteiger partial charge in [-0.3, -0.25) is 0 Å². The van der Waals surface area contributed by atoms with E-state index in [2.05, 4.69) is 0 Å². The van der Waals surface area contributed by atoms with Crippen LogP contribution in [0.15, 0.2) is 42.5 Å². The van der Waals surface area contributed by atoms with Crippen molar-refractivity contribution in [2.45, 2.75) is 49.8 Å². The smallest absolute Gasteiger partial charge is 0.124 e. The van der Waals surface area contributed by atoms with Crippen LogP contribution in [0.3, 0.4) is 0 Å². The van der Waals surface area contributed by atoms with Crippen LogP contribution in [0.2, 0.25) is 5.02 Å². The lowest BCUT2D eigenvalue weighted by molar-refractivity contribution is -0.181. The van der Waals surface area contributed by atoms with Crippen LogP contribution in [0, 0.1) is 0 Å². The number of aliphatic hydroxyl groups is 3. The van der Waals surface area contributed by atoms with E-state index in [0.717, 1.165) is 35.5 Å². The van der Waals surface area contributed by atoms with E-state index in [1.54, 1.807) is 0 Å². The first-order chi connectivity index (χ1) is 14.5. The maximum atomic E-state index is 10.1. The standard InChI is InChI=1S/C23H27ClO6/c24-19-6-3-15(21-11-20(26)23(27)22(12-25)30-21)10-16(19)9-14-1-4-17(5-2-14)29-18-7-8-28-13-18/h1-6,10,18,20-23,25-27H,7-9,11-13H2/t18-,20?,21?,22?,23?/m0/s1. The van der Waals surface area contributed by atoms with Crippen LogP contribution in [-0.4, -0.2) is 59.6 Å². The van der Waals surface area contributed by atoms with E-state index in [0.29, 0.717) is 18.1 Å². The Morgan fingerprint density at radius 3 is 2.60 bits per heavy atom. The predicted octanol–water partition coefficient (Wildman–Crippen LogP) is 2.64. The Bertz CT molecular complexity index is 836. The van der Waals surface area contributed by atoms with Gasteiger partial charge >= 0.3 is 0 Å². The largest absolute Gasteiger partial charge is 0.488 e. The van der Waals surface area contributed by atoms with Crippen molar-refractivity contribution in [3.8, 4) is 5.75 Å². The van der Waals surface area contributed by atoms with E-state index in [9.17, 15) is 15.3 Å². The molecule has 6 nitrogen and oxygen atoms in total.